The van der Waals surface area contributed by atoms with Crippen LogP contribution in [0.2, 0.25) is 0 Å². The lowest BCUT2D eigenvalue weighted by molar-refractivity contribution is 0.648. The van der Waals surface area contributed by atoms with Gasteiger partial charge in [-0.3, -0.25) is 0 Å². The van der Waals surface area contributed by atoms with Gasteiger partial charge in [0.1, 0.15) is 0 Å². The Morgan fingerprint density at radius 1 is 1.38 bits per heavy atom. The Morgan fingerprint density at radius 2 is 2.23 bits per heavy atom. The molecule has 0 radical (unpaired) electrons. The van der Waals surface area contributed by atoms with E-state index < -0.39 is 0 Å². The number of hydrogen-bond acceptors (Lipinski definition) is 2. The zero-order valence-electron chi connectivity index (χ0n) is 7.49. The smallest absolute Gasteiger partial charge is 0.0321 e. The van der Waals surface area contributed by atoms with Crippen LogP contribution in [-0.4, -0.2) is 6.54 Å². The lowest BCUT2D eigenvalue weighted by atomic mass is 10.1. The Balaban J connectivity index is 0.000000845. The second kappa shape index (κ2) is 4.49. The van der Waals surface area contributed by atoms with E-state index in [4.69, 9.17) is 5.73 Å². The summed E-state index contributed by atoms with van der Waals surface area (Å²) in [5.41, 5.74) is 7.89. The Morgan fingerprint density at radius 3 is 2.85 bits per heavy atom. The van der Waals surface area contributed by atoms with E-state index in [-0.39, 0.29) is 12.4 Å². The van der Waals surface area contributed by atoms with Crippen molar-refractivity contribution in [3.05, 3.63) is 29.8 Å². The summed E-state index contributed by atoms with van der Waals surface area (Å²) in [6, 6.07) is 8.68. The topological polar surface area (TPSA) is 38.0 Å². The summed E-state index contributed by atoms with van der Waals surface area (Å²) in [6.07, 6.45) is 2.52. The van der Waals surface area contributed by atoms with Crippen LogP contribution in [0.1, 0.15) is 24.4 Å². The SMILES string of the molecule is Cl.Nc1cccc(C2CCCN2)c1. The van der Waals surface area contributed by atoms with Crippen LogP contribution in [-0.2, 0) is 0 Å². The van der Waals surface area contributed by atoms with Crippen LogP contribution < -0.4 is 11.1 Å². The highest BCUT2D eigenvalue weighted by Gasteiger charge is 2.15. The van der Waals surface area contributed by atoms with E-state index in [2.05, 4.69) is 17.4 Å². The summed E-state index contributed by atoms with van der Waals surface area (Å²) in [5, 5.41) is 3.44. The number of benzene rings is 1. The van der Waals surface area contributed by atoms with Crippen molar-refractivity contribution in [2.75, 3.05) is 12.3 Å². The lowest BCUT2D eigenvalue weighted by Crippen LogP contribution is -2.12. The van der Waals surface area contributed by atoms with Crippen molar-refractivity contribution in [3.63, 3.8) is 0 Å². The van der Waals surface area contributed by atoms with Crippen molar-refractivity contribution >= 4 is 18.1 Å². The molecule has 2 nitrogen and oxygen atoms in total. The van der Waals surface area contributed by atoms with Crippen LogP contribution in [0.4, 0.5) is 5.69 Å². The molecule has 13 heavy (non-hydrogen) atoms. The minimum atomic E-state index is 0. The Labute approximate surface area is 84.9 Å². The zero-order valence-corrected chi connectivity index (χ0v) is 8.31. The second-order valence-electron chi connectivity index (χ2n) is 3.32. The lowest BCUT2D eigenvalue weighted by Gasteiger charge is -2.10. The molecule has 0 bridgehead atoms. The summed E-state index contributed by atoms with van der Waals surface area (Å²) in [5.74, 6) is 0. The fraction of sp³-hybridized carbons (Fsp3) is 0.400. The second-order valence-corrected chi connectivity index (χ2v) is 3.32. The molecule has 1 saturated heterocycles. The van der Waals surface area contributed by atoms with E-state index in [1.165, 1.54) is 18.4 Å². The minimum Gasteiger partial charge on any atom is -0.399 e. The molecule has 72 valence electrons. The Hall–Kier alpha value is -0.730. The van der Waals surface area contributed by atoms with Crippen LogP contribution in [0.25, 0.3) is 0 Å². The van der Waals surface area contributed by atoms with Gasteiger partial charge in [-0.1, -0.05) is 12.1 Å². The monoisotopic (exact) mass is 198 g/mol. The molecule has 1 unspecified atom stereocenters. The van der Waals surface area contributed by atoms with E-state index in [1.54, 1.807) is 0 Å². The molecule has 0 amide bonds. The molecule has 0 aromatic heterocycles. The first kappa shape index (κ1) is 10.4. The highest BCUT2D eigenvalue weighted by molar-refractivity contribution is 5.85. The van der Waals surface area contributed by atoms with Gasteiger partial charge in [-0.05, 0) is 37.1 Å². The molecule has 1 aliphatic heterocycles. The quantitative estimate of drug-likeness (QED) is 0.679. The zero-order chi connectivity index (χ0) is 8.39. The van der Waals surface area contributed by atoms with Gasteiger partial charge in [0.25, 0.3) is 0 Å². The fourth-order valence-corrected chi connectivity index (χ4v) is 1.74. The summed E-state index contributed by atoms with van der Waals surface area (Å²) in [7, 11) is 0. The van der Waals surface area contributed by atoms with Gasteiger partial charge in [0, 0.05) is 11.7 Å². The standard InChI is InChI=1S/C10H14N2.ClH/c11-9-4-1-3-8(7-9)10-5-2-6-12-10;/h1,3-4,7,10,12H,2,5-6,11H2;1H. The minimum absolute atomic E-state index is 0. The maximum Gasteiger partial charge on any atom is 0.0321 e. The van der Waals surface area contributed by atoms with Gasteiger partial charge >= 0.3 is 0 Å². The molecule has 3 N–H and O–H groups in total. The molecule has 0 aliphatic carbocycles. The molecule has 0 spiro atoms. The van der Waals surface area contributed by atoms with Gasteiger partial charge in [-0.2, -0.15) is 0 Å². The van der Waals surface area contributed by atoms with Gasteiger partial charge in [0.15, 0.2) is 0 Å². The molecule has 1 aliphatic rings. The maximum absolute atomic E-state index is 5.70. The summed E-state index contributed by atoms with van der Waals surface area (Å²) in [6.45, 7) is 1.14. The molecule has 1 atom stereocenters. The van der Waals surface area contributed by atoms with Gasteiger partial charge in [0.05, 0.1) is 0 Å². The molecule has 3 heteroatoms. The number of hydrogen-bond donors (Lipinski definition) is 2. The summed E-state index contributed by atoms with van der Waals surface area (Å²) >= 11 is 0. The van der Waals surface area contributed by atoms with Crippen molar-refractivity contribution in [2.24, 2.45) is 0 Å². The summed E-state index contributed by atoms with van der Waals surface area (Å²) in [4.78, 5) is 0. The van der Waals surface area contributed by atoms with Gasteiger partial charge in [-0.25, -0.2) is 0 Å². The largest absolute Gasteiger partial charge is 0.399 e. The van der Waals surface area contributed by atoms with Crippen molar-refractivity contribution in [3.8, 4) is 0 Å². The van der Waals surface area contributed by atoms with E-state index in [0.29, 0.717) is 6.04 Å². The summed E-state index contributed by atoms with van der Waals surface area (Å²) < 4.78 is 0. The molecular formula is C10H15ClN2. The normalized spacial score (nSPS) is 21.1. The fourth-order valence-electron chi connectivity index (χ4n) is 1.74. The third-order valence-corrected chi connectivity index (χ3v) is 2.37. The van der Waals surface area contributed by atoms with Crippen LogP contribution >= 0.6 is 12.4 Å². The third-order valence-electron chi connectivity index (χ3n) is 2.37. The van der Waals surface area contributed by atoms with Crippen molar-refractivity contribution < 1.29 is 0 Å². The first-order chi connectivity index (χ1) is 5.86. The number of nitrogens with two attached hydrogens (primary N) is 1. The number of halogens is 1. The number of nitrogen functional groups attached to an aromatic ring is 1. The average Bonchev–Trinajstić information content (AvgIpc) is 2.56. The van der Waals surface area contributed by atoms with E-state index >= 15 is 0 Å². The highest BCUT2D eigenvalue weighted by atomic mass is 35.5. The molecular weight excluding hydrogens is 184 g/mol. The molecule has 1 fully saturated rings. The highest BCUT2D eigenvalue weighted by Crippen LogP contribution is 2.23. The van der Waals surface area contributed by atoms with Gasteiger partial charge in [-0.15, -0.1) is 12.4 Å². The Bertz CT molecular complexity index is 269. The molecule has 1 heterocycles. The predicted octanol–water partition coefficient (Wildman–Crippen LogP) is 2.12. The van der Waals surface area contributed by atoms with E-state index in [1.807, 2.05) is 12.1 Å². The van der Waals surface area contributed by atoms with Crippen LogP contribution in [0.15, 0.2) is 24.3 Å². The third kappa shape index (κ3) is 2.36. The van der Waals surface area contributed by atoms with Crippen molar-refractivity contribution in [1.82, 2.24) is 5.32 Å². The number of rotatable bonds is 1. The van der Waals surface area contributed by atoms with Crippen LogP contribution in [0.5, 0.6) is 0 Å². The van der Waals surface area contributed by atoms with Gasteiger partial charge in [0.2, 0.25) is 0 Å². The predicted molar refractivity (Wildman–Crippen MR) is 58.1 cm³/mol. The van der Waals surface area contributed by atoms with E-state index in [0.717, 1.165) is 12.2 Å². The molecule has 2 rings (SSSR count). The molecule has 0 saturated carbocycles. The van der Waals surface area contributed by atoms with E-state index in [9.17, 15) is 0 Å². The average molecular weight is 199 g/mol. The molecule has 1 aromatic carbocycles. The molecule has 1 aromatic rings. The maximum atomic E-state index is 5.70. The van der Waals surface area contributed by atoms with Crippen molar-refractivity contribution in [1.29, 1.82) is 0 Å². The first-order valence-electron chi connectivity index (χ1n) is 4.45. The van der Waals surface area contributed by atoms with Crippen LogP contribution in [0, 0.1) is 0 Å². The Kier molecular flexibility index (Phi) is 3.58. The first-order valence-corrected chi connectivity index (χ1v) is 4.45. The number of anilines is 1. The van der Waals surface area contributed by atoms with Gasteiger partial charge < -0.3 is 11.1 Å². The number of nitrogens with one attached hydrogen (secondary N) is 1. The van der Waals surface area contributed by atoms with Crippen LogP contribution in [0.3, 0.4) is 0 Å². The van der Waals surface area contributed by atoms with Crippen molar-refractivity contribution in [2.45, 2.75) is 18.9 Å².